The summed E-state index contributed by atoms with van der Waals surface area (Å²) in [5.41, 5.74) is -0.577. The third-order valence-corrected chi connectivity index (χ3v) is 4.93. The van der Waals surface area contributed by atoms with E-state index in [0.717, 1.165) is 26.1 Å². The molecular weight excluding hydrogens is 344 g/mol. The van der Waals surface area contributed by atoms with Gasteiger partial charge in [-0.1, -0.05) is 6.92 Å². The van der Waals surface area contributed by atoms with Crippen molar-refractivity contribution in [2.75, 3.05) is 53.4 Å². The first kappa shape index (κ1) is 23.2. The van der Waals surface area contributed by atoms with Crippen molar-refractivity contribution in [1.82, 2.24) is 25.8 Å². The third-order valence-electron chi connectivity index (χ3n) is 4.93. The molecule has 1 heterocycles. The molecule has 0 saturated carbocycles. The number of amides is 2. The van der Waals surface area contributed by atoms with Gasteiger partial charge in [0.25, 0.3) is 0 Å². The lowest BCUT2D eigenvalue weighted by Gasteiger charge is -2.27. The average Bonchev–Trinajstić information content (AvgIpc) is 3.08. The Labute approximate surface area is 164 Å². The number of nitrogens with zero attached hydrogens (tertiary/aromatic N) is 3. The second kappa shape index (κ2) is 11.1. The molecule has 0 radical (unpaired) electrons. The Hall–Kier alpha value is -1.83. The molecule has 1 saturated heterocycles. The van der Waals surface area contributed by atoms with Crippen molar-refractivity contribution in [2.45, 2.75) is 46.6 Å². The van der Waals surface area contributed by atoms with Crippen molar-refractivity contribution in [3.05, 3.63) is 0 Å². The number of carbonyl (C=O) groups is 2. The second-order valence-corrected chi connectivity index (χ2v) is 7.86. The summed E-state index contributed by atoms with van der Waals surface area (Å²) in [7, 11) is 3.43. The van der Waals surface area contributed by atoms with Crippen molar-refractivity contribution in [3.63, 3.8) is 0 Å². The van der Waals surface area contributed by atoms with Gasteiger partial charge in [0.2, 0.25) is 11.8 Å². The molecule has 1 unspecified atom stereocenters. The van der Waals surface area contributed by atoms with Crippen LogP contribution >= 0.6 is 0 Å². The van der Waals surface area contributed by atoms with E-state index in [1.807, 2.05) is 20.8 Å². The largest absolute Gasteiger partial charge is 0.356 e. The van der Waals surface area contributed by atoms with Crippen molar-refractivity contribution >= 4 is 17.8 Å². The highest BCUT2D eigenvalue weighted by Gasteiger charge is 2.28. The van der Waals surface area contributed by atoms with Gasteiger partial charge in [0.05, 0.1) is 5.41 Å². The molecule has 0 aromatic carbocycles. The number of likely N-dealkylation sites (tertiary alicyclic amines) is 1. The van der Waals surface area contributed by atoms with Crippen LogP contribution in [0.5, 0.6) is 0 Å². The van der Waals surface area contributed by atoms with Crippen LogP contribution in [-0.4, -0.2) is 87.0 Å². The molecule has 156 valence electrons. The van der Waals surface area contributed by atoms with Crippen LogP contribution in [0.15, 0.2) is 4.99 Å². The molecule has 1 aliphatic rings. The van der Waals surface area contributed by atoms with Crippen LogP contribution in [0.2, 0.25) is 0 Å². The molecule has 1 aliphatic heterocycles. The zero-order chi connectivity index (χ0) is 20.4. The average molecular weight is 383 g/mol. The standard InChI is InChI=1S/C19H38N6O2/c1-7-20-17(27)19(3,4)14-23-18(22-13-16(26)24(5)6)21-12-15-10-9-11-25(15)8-2/h15H,7-14H2,1-6H3,(H,20,27)(H2,21,22,23). The van der Waals surface area contributed by atoms with Gasteiger partial charge >= 0.3 is 0 Å². The Morgan fingerprint density at radius 3 is 2.48 bits per heavy atom. The van der Waals surface area contributed by atoms with E-state index in [4.69, 9.17) is 0 Å². The molecule has 1 rings (SSSR count). The molecule has 3 N–H and O–H groups in total. The smallest absolute Gasteiger partial charge is 0.243 e. The summed E-state index contributed by atoms with van der Waals surface area (Å²) < 4.78 is 0. The van der Waals surface area contributed by atoms with Gasteiger partial charge in [-0.15, -0.1) is 0 Å². The predicted molar refractivity (Wildman–Crippen MR) is 110 cm³/mol. The highest BCUT2D eigenvalue weighted by molar-refractivity contribution is 5.86. The highest BCUT2D eigenvalue weighted by atomic mass is 16.2. The summed E-state index contributed by atoms with van der Waals surface area (Å²) in [6, 6.07) is 0.475. The molecule has 0 spiro atoms. The highest BCUT2D eigenvalue weighted by Crippen LogP contribution is 2.16. The fraction of sp³-hybridized carbons (Fsp3) is 0.842. The van der Waals surface area contributed by atoms with Crippen LogP contribution in [0, 0.1) is 5.41 Å². The Morgan fingerprint density at radius 1 is 1.19 bits per heavy atom. The van der Waals surface area contributed by atoms with E-state index in [2.05, 4.69) is 32.8 Å². The zero-order valence-electron chi connectivity index (χ0n) is 17.9. The number of rotatable bonds is 9. The number of likely N-dealkylation sites (N-methyl/N-ethyl adjacent to an activating group) is 2. The van der Waals surface area contributed by atoms with Crippen LogP contribution in [0.25, 0.3) is 0 Å². The number of hydrogen-bond donors (Lipinski definition) is 3. The van der Waals surface area contributed by atoms with Crippen LogP contribution in [0.4, 0.5) is 0 Å². The topological polar surface area (TPSA) is 89.1 Å². The molecule has 0 bridgehead atoms. The minimum atomic E-state index is -0.577. The van der Waals surface area contributed by atoms with Gasteiger partial charge in [0.1, 0.15) is 6.54 Å². The maximum Gasteiger partial charge on any atom is 0.243 e. The van der Waals surface area contributed by atoms with Crippen molar-refractivity contribution in [2.24, 2.45) is 10.4 Å². The van der Waals surface area contributed by atoms with Crippen LogP contribution in [0.3, 0.4) is 0 Å². The number of guanidine groups is 1. The van der Waals surface area contributed by atoms with Crippen LogP contribution in [0.1, 0.15) is 40.5 Å². The summed E-state index contributed by atoms with van der Waals surface area (Å²) in [5, 5.41) is 9.46. The Morgan fingerprint density at radius 2 is 1.89 bits per heavy atom. The van der Waals surface area contributed by atoms with E-state index in [9.17, 15) is 9.59 Å². The lowest BCUT2D eigenvalue weighted by Crippen LogP contribution is -2.50. The van der Waals surface area contributed by atoms with Gasteiger partial charge in [0.15, 0.2) is 5.96 Å². The molecule has 0 aliphatic carbocycles. The maximum absolute atomic E-state index is 12.2. The molecule has 0 aromatic heterocycles. The maximum atomic E-state index is 12.2. The molecule has 1 atom stereocenters. The zero-order valence-corrected chi connectivity index (χ0v) is 17.9. The third kappa shape index (κ3) is 7.74. The Kier molecular flexibility index (Phi) is 9.55. The molecule has 1 fully saturated rings. The van der Waals surface area contributed by atoms with E-state index in [1.54, 1.807) is 14.1 Å². The molecule has 8 heteroatoms. The van der Waals surface area contributed by atoms with Gasteiger partial charge < -0.3 is 20.9 Å². The van der Waals surface area contributed by atoms with E-state index in [0.29, 0.717) is 25.1 Å². The van der Waals surface area contributed by atoms with Gasteiger partial charge in [-0.05, 0) is 46.7 Å². The first-order valence-electron chi connectivity index (χ1n) is 9.96. The number of nitrogens with one attached hydrogen (secondary N) is 3. The monoisotopic (exact) mass is 382 g/mol. The van der Waals surface area contributed by atoms with Gasteiger partial charge in [-0.2, -0.15) is 0 Å². The van der Waals surface area contributed by atoms with Crippen molar-refractivity contribution < 1.29 is 9.59 Å². The second-order valence-electron chi connectivity index (χ2n) is 7.86. The number of hydrogen-bond acceptors (Lipinski definition) is 4. The van der Waals surface area contributed by atoms with Gasteiger partial charge in [-0.25, -0.2) is 4.99 Å². The quantitative estimate of drug-likeness (QED) is 0.393. The van der Waals surface area contributed by atoms with E-state index in [1.165, 1.54) is 11.3 Å². The predicted octanol–water partition coefficient (Wildman–Crippen LogP) is 0.256. The Bertz CT molecular complexity index is 518. The van der Waals surface area contributed by atoms with Gasteiger partial charge in [0, 0.05) is 39.8 Å². The first-order chi connectivity index (χ1) is 12.7. The lowest BCUT2D eigenvalue weighted by atomic mass is 9.92. The van der Waals surface area contributed by atoms with Gasteiger partial charge in [-0.3, -0.25) is 14.5 Å². The normalized spacial score (nSPS) is 18.3. The molecule has 2 amide bonds. The summed E-state index contributed by atoms with van der Waals surface area (Å²) in [5.74, 6) is 0.509. The Balaban J connectivity index is 2.71. The van der Waals surface area contributed by atoms with E-state index in [-0.39, 0.29) is 18.4 Å². The van der Waals surface area contributed by atoms with E-state index >= 15 is 0 Å². The fourth-order valence-electron chi connectivity index (χ4n) is 3.00. The molecule has 0 aromatic rings. The molecule has 27 heavy (non-hydrogen) atoms. The minimum absolute atomic E-state index is 0.00540. The summed E-state index contributed by atoms with van der Waals surface area (Å²) in [6.45, 7) is 11.9. The van der Waals surface area contributed by atoms with Crippen LogP contribution in [-0.2, 0) is 9.59 Å². The van der Waals surface area contributed by atoms with E-state index < -0.39 is 5.41 Å². The lowest BCUT2D eigenvalue weighted by molar-refractivity contribution is -0.129. The SMILES string of the molecule is CCNC(=O)C(C)(C)CNC(=NCC(=O)N(C)C)NCC1CCCN1CC. The minimum Gasteiger partial charge on any atom is -0.356 e. The number of aliphatic imine (C=N–C) groups is 1. The first-order valence-corrected chi connectivity index (χ1v) is 9.96. The summed E-state index contributed by atoms with van der Waals surface area (Å²) in [6.07, 6.45) is 2.37. The summed E-state index contributed by atoms with van der Waals surface area (Å²) in [4.78, 5) is 32.5. The molecule has 8 nitrogen and oxygen atoms in total. The summed E-state index contributed by atoms with van der Waals surface area (Å²) >= 11 is 0. The van der Waals surface area contributed by atoms with Crippen molar-refractivity contribution in [3.8, 4) is 0 Å². The fourth-order valence-corrected chi connectivity index (χ4v) is 3.00. The van der Waals surface area contributed by atoms with Crippen molar-refractivity contribution in [1.29, 1.82) is 0 Å². The molecular formula is C19H38N6O2. The number of carbonyl (C=O) groups excluding carboxylic acids is 2. The van der Waals surface area contributed by atoms with Crippen LogP contribution < -0.4 is 16.0 Å².